The predicted molar refractivity (Wildman–Crippen MR) is 70.9 cm³/mol. The highest BCUT2D eigenvalue weighted by molar-refractivity contribution is 5.94. The van der Waals surface area contributed by atoms with Crippen molar-refractivity contribution >= 4 is 17.2 Å². The van der Waals surface area contributed by atoms with Crippen LogP contribution in [0, 0.1) is 6.92 Å². The van der Waals surface area contributed by atoms with Gasteiger partial charge in [-0.15, -0.1) is 0 Å². The van der Waals surface area contributed by atoms with E-state index in [-0.39, 0.29) is 5.78 Å². The molecule has 0 amide bonds. The number of carbonyl (C=O) groups excluding carboxylic acids is 1. The van der Waals surface area contributed by atoms with Crippen molar-refractivity contribution in [3.05, 3.63) is 59.7 Å². The number of rotatable bonds is 3. The fraction of sp³-hybridized carbons (Fsp3) is 0.133. The first-order valence-corrected chi connectivity index (χ1v) is 5.60. The molecule has 0 spiro atoms. The Kier molecular flexibility index (Phi) is 3.24. The van der Waals surface area contributed by atoms with E-state index in [1.807, 2.05) is 36.4 Å². The summed E-state index contributed by atoms with van der Waals surface area (Å²) in [5.41, 5.74) is 4.00. The van der Waals surface area contributed by atoms with Crippen molar-refractivity contribution in [3.8, 4) is 0 Å². The molecule has 1 N–H and O–H groups in total. The third-order valence-corrected chi connectivity index (χ3v) is 2.60. The quantitative estimate of drug-likeness (QED) is 0.801. The molecule has 2 rings (SSSR count). The maximum Gasteiger partial charge on any atom is 0.159 e. The summed E-state index contributed by atoms with van der Waals surface area (Å²) < 4.78 is 0. The van der Waals surface area contributed by atoms with Crippen molar-refractivity contribution in [2.75, 3.05) is 5.32 Å². The summed E-state index contributed by atoms with van der Waals surface area (Å²) in [5, 5.41) is 3.30. The summed E-state index contributed by atoms with van der Waals surface area (Å²) in [5.74, 6) is 0.0899. The smallest absolute Gasteiger partial charge is 0.159 e. The average molecular weight is 225 g/mol. The fourth-order valence-corrected chi connectivity index (χ4v) is 1.68. The molecule has 0 radical (unpaired) electrons. The highest BCUT2D eigenvalue weighted by atomic mass is 16.1. The number of hydrogen-bond donors (Lipinski definition) is 1. The molecule has 0 saturated carbocycles. The van der Waals surface area contributed by atoms with Crippen LogP contribution in [0.2, 0.25) is 0 Å². The van der Waals surface area contributed by atoms with Gasteiger partial charge in [-0.25, -0.2) is 0 Å². The normalized spacial score (nSPS) is 10.0. The van der Waals surface area contributed by atoms with Gasteiger partial charge in [0.1, 0.15) is 0 Å². The van der Waals surface area contributed by atoms with Crippen LogP contribution in [-0.2, 0) is 0 Å². The van der Waals surface area contributed by atoms with Crippen molar-refractivity contribution in [1.82, 2.24) is 0 Å². The van der Waals surface area contributed by atoms with Gasteiger partial charge in [-0.1, -0.05) is 12.1 Å². The molecule has 0 bridgehead atoms. The van der Waals surface area contributed by atoms with Gasteiger partial charge in [-0.2, -0.15) is 0 Å². The Balaban J connectivity index is 2.16. The van der Waals surface area contributed by atoms with E-state index >= 15 is 0 Å². The molecule has 0 fully saturated rings. The van der Waals surface area contributed by atoms with Crippen LogP contribution >= 0.6 is 0 Å². The van der Waals surface area contributed by atoms with Crippen molar-refractivity contribution < 1.29 is 4.79 Å². The van der Waals surface area contributed by atoms with Crippen LogP contribution < -0.4 is 5.32 Å². The topological polar surface area (TPSA) is 29.1 Å². The number of benzene rings is 2. The van der Waals surface area contributed by atoms with Crippen LogP contribution in [0.3, 0.4) is 0 Å². The zero-order valence-electron chi connectivity index (χ0n) is 10.0. The molecule has 0 aromatic heterocycles. The molecule has 86 valence electrons. The minimum atomic E-state index is 0.0899. The maximum absolute atomic E-state index is 11.1. The molecule has 0 saturated heterocycles. The molecular formula is C15H15NO. The van der Waals surface area contributed by atoms with Crippen molar-refractivity contribution in [2.45, 2.75) is 13.8 Å². The van der Waals surface area contributed by atoms with Crippen LogP contribution in [0.5, 0.6) is 0 Å². The Morgan fingerprint density at radius 1 is 1.00 bits per heavy atom. The van der Waals surface area contributed by atoms with Gasteiger partial charge in [-0.05, 0) is 55.8 Å². The van der Waals surface area contributed by atoms with Crippen LogP contribution in [0.1, 0.15) is 22.8 Å². The van der Waals surface area contributed by atoms with Gasteiger partial charge in [0.25, 0.3) is 0 Å². The second-order valence-electron chi connectivity index (χ2n) is 4.13. The molecule has 0 heterocycles. The molecule has 2 nitrogen and oxygen atoms in total. The SMILES string of the molecule is CC(=O)c1ccc(Nc2cccc(C)c2)cc1. The maximum atomic E-state index is 11.1. The Labute approximate surface area is 101 Å². The van der Waals surface area contributed by atoms with Gasteiger partial charge in [0.05, 0.1) is 0 Å². The lowest BCUT2D eigenvalue weighted by atomic mass is 10.1. The molecule has 2 heteroatoms. The van der Waals surface area contributed by atoms with E-state index in [0.717, 1.165) is 16.9 Å². The van der Waals surface area contributed by atoms with E-state index in [4.69, 9.17) is 0 Å². The molecule has 2 aromatic carbocycles. The number of nitrogens with one attached hydrogen (secondary N) is 1. The standard InChI is InChI=1S/C15H15NO/c1-11-4-3-5-15(10-11)16-14-8-6-13(7-9-14)12(2)17/h3-10,16H,1-2H3. The zero-order chi connectivity index (χ0) is 12.3. The first-order valence-electron chi connectivity index (χ1n) is 5.60. The highest BCUT2D eigenvalue weighted by Crippen LogP contribution is 2.18. The van der Waals surface area contributed by atoms with Gasteiger partial charge in [0, 0.05) is 16.9 Å². The Morgan fingerprint density at radius 2 is 1.71 bits per heavy atom. The molecule has 0 unspecified atom stereocenters. The summed E-state index contributed by atoms with van der Waals surface area (Å²) in [7, 11) is 0. The number of ketones is 1. The van der Waals surface area contributed by atoms with E-state index in [9.17, 15) is 4.79 Å². The van der Waals surface area contributed by atoms with E-state index in [1.165, 1.54) is 5.56 Å². The van der Waals surface area contributed by atoms with Gasteiger partial charge in [0.15, 0.2) is 5.78 Å². The molecule has 0 aliphatic carbocycles. The number of carbonyl (C=O) groups is 1. The highest BCUT2D eigenvalue weighted by Gasteiger charge is 1.99. The summed E-state index contributed by atoms with van der Waals surface area (Å²) in [6.07, 6.45) is 0. The van der Waals surface area contributed by atoms with E-state index < -0.39 is 0 Å². The Bertz CT molecular complexity index is 529. The Morgan fingerprint density at radius 3 is 2.29 bits per heavy atom. The third-order valence-electron chi connectivity index (χ3n) is 2.60. The monoisotopic (exact) mass is 225 g/mol. The minimum absolute atomic E-state index is 0.0899. The number of hydrogen-bond acceptors (Lipinski definition) is 2. The van der Waals surface area contributed by atoms with E-state index in [2.05, 4.69) is 24.4 Å². The Hall–Kier alpha value is -2.09. The second kappa shape index (κ2) is 4.83. The molecular weight excluding hydrogens is 210 g/mol. The minimum Gasteiger partial charge on any atom is -0.356 e. The summed E-state index contributed by atoms with van der Waals surface area (Å²) >= 11 is 0. The first-order chi connectivity index (χ1) is 8.15. The molecule has 17 heavy (non-hydrogen) atoms. The van der Waals surface area contributed by atoms with Crippen LogP contribution in [-0.4, -0.2) is 5.78 Å². The summed E-state index contributed by atoms with van der Waals surface area (Å²) in [4.78, 5) is 11.1. The number of anilines is 2. The lowest BCUT2D eigenvalue weighted by Gasteiger charge is -2.07. The average Bonchev–Trinajstić information content (AvgIpc) is 2.29. The lowest BCUT2D eigenvalue weighted by Crippen LogP contribution is -1.94. The summed E-state index contributed by atoms with van der Waals surface area (Å²) in [6, 6.07) is 15.7. The van der Waals surface area contributed by atoms with Gasteiger partial charge < -0.3 is 5.32 Å². The van der Waals surface area contributed by atoms with Crippen LogP contribution in [0.25, 0.3) is 0 Å². The van der Waals surface area contributed by atoms with Gasteiger partial charge in [-0.3, -0.25) is 4.79 Å². The van der Waals surface area contributed by atoms with Crippen molar-refractivity contribution in [2.24, 2.45) is 0 Å². The number of Topliss-reactive ketones (excluding diaryl/α,β-unsaturated/α-hetero) is 1. The van der Waals surface area contributed by atoms with Gasteiger partial charge in [0.2, 0.25) is 0 Å². The van der Waals surface area contributed by atoms with Gasteiger partial charge >= 0.3 is 0 Å². The van der Waals surface area contributed by atoms with Crippen molar-refractivity contribution in [1.29, 1.82) is 0 Å². The molecule has 2 aromatic rings. The van der Waals surface area contributed by atoms with E-state index in [0.29, 0.717) is 0 Å². The van der Waals surface area contributed by atoms with Crippen molar-refractivity contribution in [3.63, 3.8) is 0 Å². The second-order valence-corrected chi connectivity index (χ2v) is 4.13. The molecule has 0 aliphatic rings. The van der Waals surface area contributed by atoms with Crippen LogP contribution in [0.15, 0.2) is 48.5 Å². The lowest BCUT2D eigenvalue weighted by molar-refractivity contribution is 0.101. The number of aryl methyl sites for hydroxylation is 1. The largest absolute Gasteiger partial charge is 0.356 e. The van der Waals surface area contributed by atoms with E-state index in [1.54, 1.807) is 6.92 Å². The fourth-order valence-electron chi connectivity index (χ4n) is 1.68. The molecule has 0 aliphatic heterocycles. The zero-order valence-corrected chi connectivity index (χ0v) is 10.0. The van der Waals surface area contributed by atoms with Crippen LogP contribution in [0.4, 0.5) is 11.4 Å². The summed E-state index contributed by atoms with van der Waals surface area (Å²) in [6.45, 7) is 3.63. The first kappa shape index (κ1) is 11.4. The molecule has 0 atom stereocenters. The third kappa shape index (κ3) is 2.94. The predicted octanol–water partition coefficient (Wildman–Crippen LogP) is 3.94.